The van der Waals surface area contributed by atoms with E-state index in [9.17, 15) is 14.4 Å². The molecular formula is C24H28ClN9O3S. The van der Waals surface area contributed by atoms with Gasteiger partial charge in [0.15, 0.2) is 28.4 Å². The Kier molecular flexibility index (Phi) is 7.05. The second-order valence-electron chi connectivity index (χ2n) is 9.65. The summed E-state index contributed by atoms with van der Waals surface area (Å²) < 4.78 is 0. The number of rotatable bonds is 4. The quantitative estimate of drug-likeness (QED) is 0.346. The number of benzene rings is 1. The summed E-state index contributed by atoms with van der Waals surface area (Å²) in [6, 6.07) is 5.77. The van der Waals surface area contributed by atoms with Crippen molar-refractivity contribution in [2.45, 2.75) is 42.5 Å². The lowest BCUT2D eigenvalue weighted by atomic mass is 9.88. The van der Waals surface area contributed by atoms with Crippen molar-refractivity contribution in [2.24, 2.45) is 4.99 Å². The number of guanidine groups is 1. The maximum Gasteiger partial charge on any atom is 0.280 e. The predicted molar refractivity (Wildman–Crippen MR) is 146 cm³/mol. The van der Waals surface area contributed by atoms with Crippen molar-refractivity contribution in [3.8, 4) is 0 Å². The first kappa shape index (κ1) is 26.0. The van der Waals surface area contributed by atoms with Gasteiger partial charge >= 0.3 is 0 Å². The predicted octanol–water partition coefficient (Wildman–Crippen LogP) is 1.00. The highest BCUT2D eigenvalue weighted by molar-refractivity contribution is 7.80. The van der Waals surface area contributed by atoms with Crippen LogP contribution in [0.25, 0.3) is 0 Å². The number of hydrogen-bond acceptors (Lipinski definition) is 10. The molecule has 1 saturated heterocycles. The van der Waals surface area contributed by atoms with Crippen LogP contribution in [0.2, 0.25) is 5.15 Å². The first-order chi connectivity index (χ1) is 18.1. The molecule has 5 rings (SSSR count). The van der Waals surface area contributed by atoms with E-state index in [0.717, 1.165) is 22.6 Å². The summed E-state index contributed by atoms with van der Waals surface area (Å²) in [5.74, 6) is -0.592. The Morgan fingerprint density at radius 2 is 1.82 bits per heavy atom. The summed E-state index contributed by atoms with van der Waals surface area (Å²) >= 11 is 10.2. The lowest BCUT2D eigenvalue weighted by molar-refractivity contribution is -0.134. The van der Waals surface area contributed by atoms with Gasteiger partial charge in [-0.3, -0.25) is 24.7 Å². The van der Waals surface area contributed by atoms with E-state index in [1.54, 1.807) is 9.80 Å². The average molecular weight is 558 g/mol. The van der Waals surface area contributed by atoms with Crippen molar-refractivity contribution in [3.05, 3.63) is 34.6 Å². The first-order valence-electron chi connectivity index (χ1n) is 12.3. The van der Waals surface area contributed by atoms with Crippen LogP contribution >= 0.6 is 24.2 Å². The molecule has 4 heterocycles. The zero-order chi connectivity index (χ0) is 27.0. The Bertz CT molecular complexity index is 1340. The highest BCUT2D eigenvalue weighted by atomic mass is 35.5. The fraction of sp³-hybridized carbons (Fsp3) is 0.417. The fourth-order valence-corrected chi connectivity index (χ4v) is 5.39. The molecule has 0 bridgehead atoms. The molecule has 1 aromatic heterocycles. The maximum absolute atomic E-state index is 12.9. The number of nitrogens with one attached hydrogen (secondary N) is 2. The van der Waals surface area contributed by atoms with Crippen LogP contribution in [0.1, 0.15) is 41.7 Å². The number of halogens is 1. The number of aromatic nitrogens is 2. The molecule has 14 heteroatoms. The minimum absolute atomic E-state index is 0.0416. The third-order valence-electron chi connectivity index (χ3n) is 7.16. The minimum Gasteiger partial charge on any atom is -0.382 e. The Balaban J connectivity index is 1.09. The van der Waals surface area contributed by atoms with Gasteiger partial charge in [-0.25, -0.2) is 9.97 Å². The van der Waals surface area contributed by atoms with E-state index in [1.807, 2.05) is 18.2 Å². The van der Waals surface area contributed by atoms with Crippen LogP contribution in [-0.2, 0) is 16.0 Å². The number of thiol groups is 1. The maximum atomic E-state index is 12.9. The molecule has 200 valence electrons. The first-order valence-corrected chi connectivity index (χ1v) is 13.1. The number of fused-ring (bicyclic) bond motifs is 1. The largest absolute Gasteiger partial charge is 0.382 e. The van der Waals surface area contributed by atoms with Crippen LogP contribution in [-0.4, -0.2) is 70.3 Å². The second-order valence-corrected chi connectivity index (χ2v) is 10.5. The number of amides is 3. The topological polar surface area (TPSA) is 172 Å². The monoisotopic (exact) mass is 557 g/mol. The van der Waals surface area contributed by atoms with Crippen molar-refractivity contribution < 1.29 is 14.4 Å². The van der Waals surface area contributed by atoms with Crippen LogP contribution in [0.5, 0.6) is 0 Å². The minimum atomic E-state index is -0.607. The van der Waals surface area contributed by atoms with E-state index in [4.69, 9.17) is 23.1 Å². The van der Waals surface area contributed by atoms with Gasteiger partial charge in [-0.2, -0.15) is 0 Å². The molecule has 0 aliphatic carbocycles. The molecule has 3 aliphatic rings. The summed E-state index contributed by atoms with van der Waals surface area (Å²) in [7, 11) is 0. The van der Waals surface area contributed by atoms with Crippen molar-refractivity contribution in [3.63, 3.8) is 0 Å². The molecule has 2 aromatic rings. The average Bonchev–Trinajstić information content (AvgIpc) is 3.48. The molecule has 0 saturated carbocycles. The molecule has 3 amide bonds. The Morgan fingerprint density at radius 3 is 2.58 bits per heavy atom. The third-order valence-corrected chi connectivity index (χ3v) is 7.72. The van der Waals surface area contributed by atoms with Gasteiger partial charge in [0.2, 0.25) is 11.8 Å². The smallest absolute Gasteiger partial charge is 0.280 e. The van der Waals surface area contributed by atoms with E-state index >= 15 is 0 Å². The number of hydrogen-bond donors (Lipinski definition) is 5. The molecule has 1 spiro atoms. The number of aliphatic imine (C=N–C) groups is 1. The lowest BCUT2D eigenvalue weighted by Crippen LogP contribution is -2.57. The van der Waals surface area contributed by atoms with E-state index in [-0.39, 0.29) is 52.7 Å². The highest BCUT2D eigenvalue weighted by Gasteiger charge is 2.40. The zero-order valence-corrected chi connectivity index (χ0v) is 22.2. The van der Waals surface area contributed by atoms with Crippen molar-refractivity contribution in [1.82, 2.24) is 25.5 Å². The molecular weight excluding hydrogens is 530 g/mol. The number of likely N-dealkylation sites (tertiary alicyclic amines) is 1. The molecule has 0 atom stereocenters. The van der Waals surface area contributed by atoms with Gasteiger partial charge in [-0.1, -0.05) is 11.6 Å². The number of anilines is 3. The number of piperidine rings is 1. The van der Waals surface area contributed by atoms with Gasteiger partial charge in [0, 0.05) is 43.1 Å². The number of carbonyl (C=O) groups is 3. The third kappa shape index (κ3) is 5.20. The molecule has 0 radical (unpaired) electrons. The fourth-order valence-electron chi connectivity index (χ4n) is 5.03. The van der Waals surface area contributed by atoms with Crippen LogP contribution in [0.15, 0.2) is 28.1 Å². The summed E-state index contributed by atoms with van der Waals surface area (Å²) in [5, 5.41) is 5.82. The van der Waals surface area contributed by atoms with Gasteiger partial charge in [0.25, 0.3) is 5.91 Å². The number of nitrogens with two attached hydrogens (primary N) is 2. The number of nitrogens with zero attached hydrogens (tertiary/aromatic N) is 5. The Morgan fingerprint density at radius 1 is 1.08 bits per heavy atom. The van der Waals surface area contributed by atoms with E-state index in [1.165, 1.54) is 0 Å². The van der Waals surface area contributed by atoms with E-state index < -0.39 is 5.91 Å². The van der Waals surface area contributed by atoms with Crippen molar-refractivity contribution >= 4 is 65.2 Å². The van der Waals surface area contributed by atoms with Gasteiger partial charge in [-0.15, -0.1) is 12.6 Å². The molecule has 6 N–H and O–H groups in total. The summed E-state index contributed by atoms with van der Waals surface area (Å²) in [6.07, 6.45) is 2.43. The van der Waals surface area contributed by atoms with Crippen LogP contribution in [0, 0.1) is 0 Å². The lowest BCUT2D eigenvalue weighted by Gasteiger charge is -2.39. The standard InChI is InChI=1S/C24H28ClN9O3S/c25-19-21(27)30-20(26)18(29-19)22(37)31-23-28-12-24(32-23)6-9-33(10-7-24)16(35)3-4-17(36)34-8-5-13-11-14(38)1-2-15(13)34/h1-2,11,38H,3-10,12H2,(H4,26,27,30)(H2,28,31,32,37). The van der Waals surface area contributed by atoms with Crippen LogP contribution in [0.3, 0.4) is 0 Å². The molecule has 3 aliphatic heterocycles. The van der Waals surface area contributed by atoms with Gasteiger partial charge in [0.05, 0.1) is 12.1 Å². The van der Waals surface area contributed by atoms with Crippen LogP contribution < -0.4 is 27.0 Å². The van der Waals surface area contributed by atoms with Crippen molar-refractivity contribution in [2.75, 3.05) is 42.5 Å². The molecule has 1 aromatic carbocycles. The van der Waals surface area contributed by atoms with Crippen LogP contribution in [0.4, 0.5) is 17.3 Å². The molecule has 1 fully saturated rings. The SMILES string of the molecule is Nc1nc(N)c(C(=O)NC2=NCC3(CCN(C(=O)CCC(=O)N4CCc5cc(S)ccc54)CC3)N2)nc1Cl. The number of carbonyl (C=O) groups excluding carboxylic acids is 3. The Labute approximate surface area is 229 Å². The molecule has 12 nitrogen and oxygen atoms in total. The zero-order valence-electron chi connectivity index (χ0n) is 20.5. The van der Waals surface area contributed by atoms with Gasteiger partial charge in [-0.05, 0) is 43.0 Å². The van der Waals surface area contributed by atoms with Gasteiger partial charge in [0.1, 0.15) is 0 Å². The Hall–Kier alpha value is -3.58. The second kappa shape index (κ2) is 10.3. The molecule has 38 heavy (non-hydrogen) atoms. The van der Waals surface area contributed by atoms with Gasteiger partial charge < -0.3 is 26.6 Å². The van der Waals surface area contributed by atoms with Crippen molar-refractivity contribution in [1.29, 1.82) is 0 Å². The normalized spacial score (nSPS) is 17.7. The summed E-state index contributed by atoms with van der Waals surface area (Å²) in [4.78, 5) is 54.8. The summed E-state index contributed by atoms with van der Waals surface area (Å²) in [6.45, 7) is 2.14. The highest BCUT2D eigenvalue weighted by Crippen LogP contribution is 2.31. The molecule has 0 unspecified atom stereocenters. The summed E-state index contributed by atoms with van der Waals surface area (Å²) in [5.41, 5.74) is 12.8. The van der Waals surface area contributed by atoms with E-state index in [0.29, 0.717) is 45.0 Å². The van der Waals surface area contributed by atoms with E-state index in [2.05, 4.69) is 38.2 Å². The number of nitrogen functional groups attached to an aromatic ring is 2.